The molecular formula is C16H21ClN4O. The zero-order chi connectivity index (χ0) is 14.4. The van der Waals surface area contributed by atoms with Crippen molar-refractivity contribution in [3.8, 4) is 0 Å². The van der Waals surface area contributed by atoms with E-state index in [9.17, 15) is 4.79 Å². The van der Waals surface area contributed by atoms with E-state index in [-0.39, 0.29) is 18.3 Å². The van der Waals surface area contributed by atoms with E-state index in [1.165, 1.54) is 12.8 Å². The minimum atomic E-state index is 0. The number of nitrogens with zero attached hydrogens (tertiary/aromatic N) is 3. The second-order valence-electron chi connectivity index (χ2n) is 6.27. The van der Waals surface area contributed by atoms with Crippen LogP contribution in [-0.4, -0.2) is 45.6 Å². The van der Waals surface area contributed by atoms with E-state index in [1.807, 2.05) is 36.3 Å². The van der Waals surface area contributed by atoms with Crippen LogP contribution in [0.3, 0.4) is 0 Å². The SMILES string of the molecule is CN(C(=O)c1cnn2ccccc12)C1CC2CCC(C1)N2.Cl. The number of hydrogen-bond acceptors (Lipinski definition) is 3. The second kappa shape index (κ2) is 5.89. The molecule has 2 fully saturated rings. The van der Waals surface area contributed by atoms with Crippen molar-refractivity contribution >= 4 is 23.8 Å². The summed E-state index contributed by atoms with van der Waals surface area (Å²) in [6, 6.07) is 7.33. The summed E-state index contributed by atoms with van der Waals surface area (Å²) >= 11 is 0. The van der Waals surface area contributed by atoms with Crippen molar-refractivity contribution in [2.75, 3.05) is 7.05 Å². The molecule has 2 aliphatic heterocycles. The zero-order valence-electron chi connectivity index (χ0n) is 12.6. The quantitative estimate of drug-likeness (QED) is 0.922. The number of rotatable bonds is 2. The van der Waals surface area contributed by atoms with Crippen LogP contribution in [0.15, 0.2) is 30.6 Å². The van der Waals surface area contributed by atoms with Gasteiger partial charge in [-0.15, -0.1) is 12.4 Å². The summed E-state index contributed by atoms with van der Waals surface area (Å²) in [5.74, 6) is 0.0856. The lowest BCUT2D eigenvalue weighted by Gasteiger charge is -2.35. The van der Waals surface area contributed by atoms with Gasteiger partial charge in [-0.1, -0.05) is 6.07 Å². The Kier molecular flexibility index (Phi) is 4.10. The normalized spacial score (nSPS) is 26.7. The summed E-state index contributed by atoms with van der Waals surface area (Å²) in [6.45, 7) is 0. The predicted molar refractivity (Wildman–Crippen MR) is 87.5 cm³/mol. The standard InChI is InChI=1S/C16H20N4O.ClH/c1-19(13-8-11-5-6-12(9-13)18-11)16(21)14-10-17-20-7-3-2-4-15(14)20;/h2-4,7,10-13,18H,5-6,8-9H2,1H3;1H. The maximum absolute atomic E-state index is 12.8. The lowest BCUT2D eigenvalue weighted by Crippen LogP contribution is -2.48. The number of hydrogen-bond donors (Lipinski definition) is 1. The molecule has 0 aromatic carbocycles. The minimum Gasteiger partial charge on any atom is -0.338 e. The van der Waals surface area contributed by atoms with E-state index < -0.39 is 0 Å². The van der Waals surface area contributed by atoms with Gasteiger partial charge in [0.25, 0.3) is 5.91 Å². The Morgan fingerprint density at radius 1 is 1.32 bits per heavy atom. The number of nitrogens with one attached hydrogen (secondary N) is 1. The number of fused-ring (bicyclic) bond motifs is 3. The summed E-state index contributed by atoms with van der Waals surface area (Å²) in [7, 11) is 1.93. The van der Waals surface area contributed by atoms with Crippen LogP contribution in [0.2, 0.25) is 0 Å². The number of pyridine rings is 1. The van der Waals surface area contributed by atoms with Gasteiger partial charge in [0, 0.05) is 31.4 Å². The molecule has 0 aliphatic carbocycles. The third-order valence-corrected chi connectivity index (χ3v) is 4.97. The van der Waals surface area contributed by atoms with Crippen LogP contribution in [0, 0.1) is 0 Å². The lowest BCUT2D eigenvalue weighted by molar-refractivity contribution is 0.0683. The predicted octanol–water partition coefficient (Wildman–Crippen LogP) is 2.11. The van der Waals surface area contributed by atoms with E-state index in [0.29, 0.717) is 23.7 Å². The van der Waals surface area contributed by atoms with E-state index in [4.69, 9.17) is 0 Å². The van der Waals surface area contributed by atoms with Crippen LogP contribution in [0.1, 0.15) is 36.0 Å². The average molecular weight is 321 g/mol. The molecule has 2 bridgehead atoms. The van der Waals surface area contributed by atoms with Gasteiger partial charge in [0.15, 0.2) is 0 Å². The van der Waals surface area contributed by atoms with Crippen LogP contribution >= 0.6 is 12.4 Å². The maximum atomic E-state index is 12.8. The molecule has 2 aliphatic rings. The number of amides is 1. The van der Waals surface area contributed by atoms with Crippen LogP contribution in [0.4, 0.5) is 0 Å². The number of carbonyl (C=O) groups is 1. The molecule has 1 N–H and O–H groups in total. The first kappa shape index (κ1) is 15.3. The molecule has 4 heterocycles. The summed E-state index contributed by atoms with van der Waals surface area (Å²) in [4.78, 5) is 14.7. The summed E-state index contributed by atoms with van der Waals surface area (Å²) in [5, 5.41) is 7.89. The Hall–Kier alpha value is -1.59. The molecule has 118 valence electrons. The summed E-state index contributed by atoms with van der Waals surface area (Å²) < 4.78 is 1.76. The first-order valence-corrected chi connectivity index (χ1v) is 7.68. The fraction of sp³-hybridized carbons (Fsp3) is 0.500. The lowest BCUT2D eigenvalue weighted by atomic mass is 9.98. The van der Waals surface area contributed by atoms with Gasteiger partial charge in [-0.05, 0) is 37.8 Å². The zero-order valence-corrected chi connectivity index (χ0v) is 13.4. The number of aromatic nitrogens is 2. The largest absolute Gasteiger partial charge is 0.338 e. The van der Waals surface area contributed by atoms with Gasteiger partial charge in [0.2, 0.25) is 0 Å². The van der Waals surface area contributed by atoms with Gasteiger partial charge in [0.05, 0.1) is 17.3 Å². The van der Waals surface area contributed by atoms with Gasteiger partial charge in [-0.3, -0.25) is 4.79 Å². The molecule has 6 heteroatoms. The van der Waals surface area contributed by atoms with Crippen LogP contribution in [0.5, 0.6) is 0 Å². The molecule has 2 atom stereocenters. The van der Waals surface area contributed by atoms with Crippen molar-refractivity contribution in [3.63, 3.8) is 0 Å². The molecule has 2 aromatic rings. The molecular weight excluding hydrogens is 300 g/mol. The first-order chi connectivity index (χ1) is 10.2. The molecule has 1 amide bonds. The molecule has 0 radical (unpaired) electrons. The third-order valence-electron chi connectivity index (χ3n) is 4.97. The van der Waals surface area contributed by atoms with Gasteiger partial charge in [-0.25, -0.2) is 4.52 Å². The van der Waals surface area contributed by atoms with Crippen molar-refractivity contribution in [1.29, 1.82) is 0 Å². The Balaban J connectivity index is 0.00000144. The van der Waals surface area contributed by atoms with Gasteiger partial charge in [-0.2, -0.15) is 5.10 Å². The molecule has 2 unspecified atom stereocenters. The van der Waals surface area contributed by atoms with Crippen LogP contribution in [-0.2, 0) is 0 Å². The fourth-order valence-electron chi connectivity index (χ4n) is 3.80. The van der Waals surface area contributed by atoms with Gasteiger partial charge < -0.3 is 10.2 Å². The average Bonchev–Trinajstić information content (AvgIpc) is 3.09. The topological polar surface area (TPSA) is 49.6 Å². The number of piperidine rings is 1. The molecule has 2 saturated heterocycles. The third kappa shape index (κ3) is 2.48. The van der Waals surface area contributed by atoms with Gasteiger partial charge >= 0.3 is 0 Å². The fourth-order valence-corrected chi connectivity index (χ4v) is 3.80. The van der Waals surface area contributed by atoms with E-state index in [2.05, 4.69) is 10.4 Å². The Bertz CT molecular complexity index is 674. The monoisotopic (exact) mass is 320 g/mol. The van der Waals surface area contributed by atoms with Crippen LogP contribution < -0.4 is 5.32 Å². The van der Waals surface area contributed by atoms with Crippen molar-refractivity contribution < 1.29 is 4.79 Å². The molecule has 5 nitrogen and oxygen atoms in total. The molecule has 22 heavy (non-hydrogen) atoms. The Morgan fingerprint density at radius 2 is 2.05 bits per heavy atom. The molecule has 4 rings (SSSR count). The van der Waals surface area contributed by atoms with Crippen molar-refractivity contribution in [2.45, 2.75) is 43.8 Å². The number of halogens is 1. The Morgan fingerprint density at radius 3 is 2.77 bits per heavy atom. The van der Waals surface area contributed by atoms with Crippen molar-refractivity contribution in [3.05, 3.63) is 36.2 Å². The highest BCUT2D eigenvalue weighted by atomic mass is 35.5. The van der Waals surface area contributed by atoms with E-state index in [1.54, 1.807) is 10.7 Å². The molecule has 0 saturated carbocycles. The highest BCUT2D eigenvalue weighted by molar-refractivity contribution is 6.00. The highest BCUT2D eigenvalue weighted by Gasteiger charge is 2.36. The molecule has 2 aromatic heterocycles. The molecule has 0 spiro atoms. The Labute approximate surface area is 136 Å². The van der Waals surface area contributed by atoms with E-state index in [0.717, 1.165) is 18.4 Å². The smallest absolute Gasteiger partial charge is 0.257 e. The maximum Gasteiger partial charge on any atom is 0.257 e. The minimum absolute atomic E-state index is 0. The van der Waals surface area contributed by atoms with Crippen molar-refractivity contribution in [1.82, 2.24) is 19.8 Å². The van der Waals surface area contributed by atoms with E-state index >= 15 is 0 Å². The van der Waals surface area contributed by atoms with Crippen molar-refractivity contribution in [2.24, 2.45) is 0 Å². The highest BCUT2D eigenvalue weighted by Crippen LogP contribution is 2.30. The van der Waals surface area contributed by atoms with Crippen LogP contribution in [0.25, 0.3) is 5.52 Å². The summed E-state index contributed by atoms with van der Waals surface area (Å²) in [6.07, 6.45) is 8.19. The first-order valence-electron chi connectivity index (χ1n) is 7.68. The summed E-state index contributed by atoms with van der Waals surface area (Å²) in [5.41, 5.74) is 1.58. The van der Waals surface area contributed by atoms with Gasteiger partial charge in [0.1, 0.15) is 0 Å². The second-order valence-corrected chi connectivity index (χ2v) is 6.27. The number of carbonyl (C=O) groups excluding carboxylic acids is 1.